The van der Waals surface area contributed by atoms with Crippen molar-refractivity contribution in [2.24, 2.45) is 0 Å². The highest BCUT2D eigenvalue weighted by Crippen LogP contribution is 2.18. The third-order valence-electron chi connectivity index (χ3n) is 3.92. The number of carbonyl (C=O) groups is 1. The molecule has 0 aromatic heterocycles. The van der Waals surface area contributed by atoms with Crippen LogP contribution >= 0.6 is 0 Å². The second-order valence-corrected chi connectivity index (χ2v) is 5.97. The number of hydrogen-bond donors (Lipinski definition) is 1. The van der Waals surface area contributed by atoms with Crippen molar-refractivity contribution in [3.63, 3.8) is 0 Å². The Kier molecular flexibility index (Phi) is 5.12. The Labute approximate surface area is 116 Å². The number of hydrogen-bond acceptors (Lipinski definition) is 2. The maximum atomic E-state index is 10.8. The van der Waals surface area contributed by atoms with Gasteiger partial charge in [0.15, 0.2) is 0 Å². The van der Waals surface area contributed by atoms with Crippen LogP contribution in [0, 0.1) is 13.8 Å². The van der Waals surface area contributed by atoms with Gasteiger partial charge in [0.05, 0.1) is 6.42 Å². The Balaban J connectivity index is 2.60. The van der Waals surface area contributed by atoms with Crippen molar-refractivity contribution in [1.82, 2.24) is 4.90 Å². The molecule has 0 aliphatic heterocycles. The molecule has 0 atom stereocenters. The fourth-order valence-electron chi connectivity index (χ4n) is 2.06. The van der Waals surface area contributed by atoms with Gasteiger partial charge in [0.2, 0.25) is 0 Å². The molecule has 1 N–H and O–H groups in total. The van der Waals surface area contributed by atoms with Crippen molar-refractivity contribution < 1.29 is 9.90 Å². The van der Waals surface area contributed by atoms with E-state index in [2.05, 4.69) is 36.9 Å². The first kappa shape index (κ1) is 15.7. The first-order valence-corrected chi connectivity index (χ1v) is 6.71. The number of carboxylic acids is 1. The molecule has 1 aromatic carbocycles. The molecule has 0 radical (unpaired) electrons. The van der Waals surface area contributed by atoms with Gasteiger partial charge in [-0.3, -0.25) is 4.79 Å². The van der Waals surface area contributed by atoms with Gasteiger partial charge in [-0.25, -0.2) is 0 Å². The SMILES string of the molecule is Cc1ccc(CCN(C)C(C)(C)CC(=O)O)cc1C. The smallest absolute Gasteiger partial charge is 0.305 e. The van der Waals surface area contributed by atoms with E-state index in [1.54, 1.807) is 0 Å². The number of nitrogens with zero attached hydrogens (tertiary/aromatic N) is 1. The Bertz CT molecular complexity index is 452. The van der Waals surface area contributed by atoms with Crippen LogP contribution in [0.2, 0.25) is 0 Å². The van der Waals surface area contributed by atoms with Gasteiger partial charge in [0.25, 0.3) is 0 Å². The number of likely N-dealkylation sites (N-methyl/N-ethyl adjacent to an activating group) is 1. The van der Waals surface area contributed by atoms with Gasteiger partial charge in [0, 0.05) is 12.1 Å². The topological polar surface area (TPSA) is 40.5 Å². The zero-order valence-corrected chi connectivity index (χ0v) is 12.7. The van der Waals surface area contributed by atoms with Gasteiger partial charge < -0.3 is 10.0 Å². The minimum Gasteiger partial charge on any atom is -0.481 e. The molecular formula is C16H25NO2. The zero-order chi connectivity index (χ0) is 14.6. The van der Waals surface area contributed by atoms with Gasteiger partial charge in [-0.05, 0) is 57.9 Å². The fraction of sp³-hybridized carbons (Fsp3) is 0.562. The van der Waals surface area contributed by atoms with E-state index >= 15 is 0 Å². The van der Waals surface area contributed by atoms with E-state index in [1.807, 2.05) is 20.9 Å². The molecule has 0 unspecified atom stereocenters. The minimum absolute atomic E-state index is 0.163. The van der Waals surface area contributed by atoms with Crippen molar-refractivity contribution >= 4 is 5.97 Å². The molecule has 1 rings (SSSR count). The van der Waals surface area contributed by atoms with Crippen molar-refractivity contribution in [2.75, 3.05) is 13.6 Å². The summed E-state index contributed by atoms with van der Waals surface area (Å²) in [5.41, 5.74) is 3.61. The summed E-state index contributed by atoms with van der Waals surface area (Å²) in [5, 5.41) is 8.92. The van der Waals surface area contributed by atoms with Crippen LogP contribution in [0.3, 0.4) is 0 Å². The second kappa shape index (κ2) is 6.20. The van der Waals surface area contributed by atoms with E-state index < -0.39 is 5.97 Å². The highest BCUT2D eigenvalue weighted by Gasteiger charge is 2.26. The molecule has 0 aliphatic rings. The predicted molar refractivity (Wildman–Crippen MR) is 78.6 cm³/mol. The van der Waals surface area contributed by atoms with E-state index in [9.17, 15) is 4.79 Å². The number of benzene rings is 1. The minimum atomic E-state index is -0.747. The monoisotopic (exact) mass is 263 g/mol. The maximum absolute atomic E-state index is 10.8. The standard InChI is InChI=1S/C16H25NO2/c1-12-6-7-14(10-13(12)2)8-9-17(5)16(3,4)11-15(18)19/h6-7,10H,8-9,11H2,1-5H3,(H,18,19). The highest BCUT2D eigenvalue weighted by atomic mass is 16.4. The summed E-state index contributed by atoms with van der Waals surface area (Å²) in [5.74, 6) is -0.747. The maximum Gasteiger partial charge on any atom is 0.305 e. The van der Waals surface area contributed by atoms with E-state index in [0.717, 1.165) is 13.0 Å². The lowest BCUT2D eigenvalue weighted by Crippen LogP contribution is -2.43. The molecule has 0 bridgehead atoms. The van der Waals surface area contributed by atoms with Crippen LogP contribution in [-0.2, 0) is 11.2 Å². The van der Waals surface area contributed by atoms with Crippen molar-refractivity contribution in [2.45, 2.75) is 46.1 Å². The quantitative estimate of drug-likeness (QED) is 0.857. The molecule has 106 valence electrons. The van der Waals surface area contributed by atoms with Crippen LogP contribution in [0.4, 0.5) is 0 Å². The summed E-state index contributed by atoms with van der Waals surface area (Å²) in [6.45, 7) is 9.05. The van der Waals surface area contributed by atoms with Crippen LogP contribution in [0.5, 0.6) is 0 Å². The zero-order valence-electron chi connectivity index (χ0n) is 12.7. The van der Waals surface area contributed by atoms with Crippen LogP contribution in [0.15, 0.2) is 18.2 Å². The van der Waals surface area contributed by atoms with Crippen molar-refractivity contribution in [1.29, 1.82) is 0 Å². The molecule has 0 heterocycles. The molecule has 0 saturated heterocycles. The van der Waals surface area contributed by atoms with Gasteiger partial charge in [-0.1, -0.05) is 18.2 Å². The summed E-state index contributed by atoms with van der Waals surface area (Å²) < 4.78 is 0. The van der Waals surface area contributed by atoms with Crippen LogP contribution < -0.4 is 0 Å². The van der Waals surface area contributed by atoms with Crippen molar-refractivity contribution in [3.05, 3.63) is 34.9 Å². The molecule has 3 nitrogen and oxygen atoms in total. The normalized spacial score (nSPS) is 11.9. The molecule has 0 fully saturated rings. The van der Waals surface area contributed by atoms with E-state index in [4.69, 9.17) is 5.11 Å². The number of rotatable bonds is 6. The molecule has 3 heteroatoms. The summed E-state index contributed by atoms with van der Waals surface area (Å²) in [6.07, 6.45) is 1.11. The summed E-state index contributed by atoms with van der Waals surface area (Å²) in [4.78, 5) is 13.0. The number of carboxylic acid groups (broad SMARTS) is 1. The first-order valence-electron chi connectivity index (χ1n) is 6.71. The predicted octanol–water partition coefficient (Wildman–Crippen LogP) is 3.03. The molecular weight excluding hydrogens is 238 g/mol. The fourth-order valence-corrected chi connectivity index (χ4v) is 2.06. The highest BCUT2D eigenvalue weighted by molar-refractivity contribution is 5.68. The Hall–Kier alpha value is -1.35. The average Bonchev–Trinajstić information content (AvgIpc) is 2.28. The van der Waals surface area contributed by atoms with Gasteiger partial charge in [-0.15, -0.1) is 0 Å². The largest absolute Gasteiger partial charge is 0.481 e. The third-order valence-corrected chi connectivity index (χ3v) is 3.92. The van der Waals surface area contributed by atoms with Gasteiger partial charge in [-0.2, -0.15) is 0 Å². The first-order chi connectivity index (χ1) is 8.72. The molecule has 0 amide bonds. The summed E-state index contributed by atoms with van der Waals surface area (Å²) in [7, 11) is 1.99. The molecule has 0 aliphatic carbocycles. The van der Waals surface area contributed by atoms with E-state index in [0.29, 0.717) is 0 Å². The van der Waals surface area contributed by atoms with Crippen LogP contribution in [0.25, 0.3) is 0 Å². The number of aryl methyl sites for hydroxylation is 2. The molecule has 0 spiro atoms. The summed E-state index contributed by atoms with van der Waals surface area (Å²) in [6, 6.07) is 6.51. The Morgan fingerprint density at radius 1 is 1.26 bits per heavy atom. The van der Waals surface area contributed by atoms with E-state index in [1.165, 1.54) is 16.7 Å². The van der Waals surface area contributed by atoms with Gasteiger partial charge in [0.1, 0.15) is 0 Å². The van der Waals surface area contributed by atoms with Gasteiger partial charge >= 0.3 is 5.97 Å². The lowest BCUT2D eigenvalue weighted by molar-refractivity contribution is -0.139. The average molecular weight is 263 g/mol. The van der Waals surface area contributed by atoms with Crippen LogP contribution in [0.1, 0.15) is 37.0 Å². The second-order valence-electron chi connectivity index (χ2n) is 5.97. The number of aliphatic carboxylic acids is 1. The lowest BCUT2D eigenvalue weighted by atomic mass is 9.97. The Morgan fingerprint density at radius 3 is 2.42 bits per heavy atom. The third kappa shape index (κ3) is 4.67. The Morgan fingerprint density at radius 2 is 1.89 bits per heavy atom. The van der Waals surface area contributed by atoms with E-state index in [-0.39, 0.29) is 12.0 Å². The lowest BCUT2D eigenvalue weighted by Gasteiger charge is -2.34. The molecule has 1 aromatic rings. The van der Waals surface area contributed by atoms with Crippen molar-refractivity contribution in [3.8, 4) is 0 Å². The molecule has 0 saturated carbocycles. The summed E-state index contributed by atoms with van der Waals surface area (Å²) >= 11 is 0. The van der Waals surface area contributed by atoms with Crippen LogP contribution in [-0.4, -0.2) is 35.1 Å². The molecule has 19 heavy (non-hydrogen) atoms.